The van der Waals surface area contributed by atoms with E-state index in [1.165, 1.54) is 0 Å². The van der Waals surface area contributed by atoms with Gasteiger partial charge in [-0.05, 0) is 31.2 Å². The first-order valence-corrected chi connectivity index (χ1v) is 8.41. The smallest absolute Gasteiger partial charge is 0.255 e. The van der Waals surface area contributed by atoms with Crippen molar-refractivity contribution in [3.8, 4) is 22.8 Å². The minimum absolute atomic E-state index is 0.178. The number of hydrogen-bond donors (Lipinski definition) is 1. The summed E-state index contributed by atoms with van der Waals surface area (Å²) < 4.78 is 7.18. The molecule has 1 amide bonds. The van der Waals surface area contributed by atoms with Gasteiger partial charge < -0.3 is 10.5 Å². The molecule has 0 spiro atoms. The molecular weight excluding hydrogens is 342 g/mol. The number of carbonyl (C=O) groups is 1. The fraction of sp³-hybridized carbons (Fsp3) is 0.100. The summed E-state index contributed by atoms with van der Waals surface area (Å²) in [6, 6.07) is 17.2. The van der Waals surface area contributed by atoms with E-state index >= 15 is 0 Å². The molecule has 0 aliphatic rings. The first-order valence-electron chi connectivity index (χ1n) is 8.41. The second-order valence-electron chi connectivity index (χ2n) is 6.03. The lowest BCUT2D eigenvalue weighted by Crippen LogP contribution is -2.20. The van der Waals surface area contributed by atoms with Crippen molar-refractivity contribution in [2.45, 2.75) is 6.92 Å². The SMILES string of the molecule is Cc1nc(-c2cccc(OCC(N)=O)c2)n(-c2cccc3cccnc23)n1. The molecule has 0 aliphatic carbocycles. The molecule has 2 aromatic carbocycles. The molecule has 0 fully saturated rings. The molecule has 2 aromatic heterocycles. The van der Waals surface area contributed by atoms with Crippen molar-refractivity contribution in [1.82, 2.24) is 19.7 Å². The predicted octanol–water partition coefficient (Wildman–Crippen LogP) is 2.66. The van der Waals surface area contributed by atoms with Crippen molar-refractivity contribution in [2.75, 3.05) is 6.61 Å². The lowest BCUT2D eigenvalue weighted by molar-refractivity contribution is -0.119. The molecule has 0 aliphatic heterocycles. The molecule has 0 unspecified atom stereocenters. The summed E-state index contributed by atoms with van der Waals surface area (Å²) in [6.45, 7) is 1.66. The number of aromatic nitrogens is 4. The molecule has 4 aromatic rings. The predicted molar refractivity (Wildman–Crippen MR) is 102 cm³/mol. The molecular formula is C20H17N5O2. The van der Waals surface area contributed by atoms with E-state index in [2.05, 4.69) is 15.1 Å². The van der Waals surface area contributed by atoms with Crippen LogP contribution in [0.1, 0.15) is 5.82 Å². The Labute approximate surface area is 155 Å². The Bertz CT molecular complexity index is 1130. The maximum absolute atomic E-state index is 11.0. The number of hydrogen-bond acceptors (Lipinski definition) is 5. The van der Waals surface area contributed by atoms with Crippen molar-refractivity contribution in [3.05, 3.63) is 66.6 Å². The van der Waals surface area contributed by atoms with Crippen LogP contribution < -0.4 is 10.5 Å². The highest BCUT2D eigenvalue weighted by molar-refractivity contribution is 5.86. The number of para-hydroxylation sites is 1. The largest absolute Gasteiger partial charge is 0.484 e. The fourth-order valence-corrected chi connectivity index (χ4v) is 2.91. The highest BCUT2D eigenvalue weighted by Crippen LogP contribution is 2.27. The van der Waals surface area contributed by atoms with Crippen LogP contribution >= 0.6 is 0 Å². The van der Waals surface area contributed by atoms with Crippen LogP contribution in [0.4, 0.5) is 0 Å². The fourth-order valence-electron chi connectivity index (χ4n) is 2.91. The van der Waals surface area contributed by atoms with E-state index in [-0.39, 0.29) is 6.61 Å². The van der Waals surface area contributed by atoms with E-state index in [9.17, 15) is 4.79 Å². The van der Waals surface area contributed by atoms with Crippen LogP contribution in [0.3, 0.4) is 0 Å². The van der Waals surface area contributed by atoms with Crippen LogP contribution in [0.25, 0.3) is 28.0 Å². The lowest BCUT2D eigenvalue weighted by atomic mass is 10.1. The third-order valence-electron chi connectivity index (χ3n) is 4.03. The minimum atomic E-state index is -0.527. The highest BCUT2D eigenvalue weighted by atomic mass is 16.5. The summed E-state index contributed by atoms with van der Waals surface area (Å²) >= 11 is 0. The molecule has 27 heavy (non-hydrogen) atoms. The number of nitrogens with zero attached hydrogens (tertiary/aromatic N) is 4. The van der Waals surface area contributed by atoms with E-state index < -0.39 is 5.91 Å². The normalized spacial score (nSPS) is 10.9. The first-order chi connectivity index (χ1) is 13.1. The summed E-state index contributed by atoms with van der Waals surface area (Å²) in [5.41, 5.74) is 7.64. The quantitative estimate of drug-likeness (QED) is 0.591. The van der Waals surface area contributed by atoms with Gasteiger partial charge in [0, 0.05) is 17.1 Å². The Morgan fingerprint density at radius 1 is 1.15 bits per heavy atom. The van der Waals surface area contributed by atoms with Gasteiger partial charge >= 0.3 is 0 Å². The molecule has 4 rings (SSSR count). The molecule has 0 radical (unpaired) electrons. The topological polar surface area (TPSA) is 95.9 Å². The molecule has 134 valence electrons. The maximum Gasteiger partial charge on any atom is 0.255 e. The van der Waals surface area contributed by atoms with E-state index in [0.717, 1.165) is 22.2 Å². The molecule has 2 heterocycles. The van der Waals surface area contributed by atoms with Crippen LogP contribution in [0.15, 0.2) is 60.8 Å². The zero-order valence-corrected chi connectivity index (χ0v) is 14.7. The van der Waals surface area contributed by atoms with Crippen LogP contribution in [-0.2, 0) is 4.79 Å². The number of benzene rings is 2. The second kappa shape index (κ2) is 6.87. The number of primary amides is 1. The molecule has 0 saturated heterocycles. The zero-order chi connectivity index (χ0) is 18.8. The number of nitrogens with two attached hydrogens (primary N) is 1. The average molecular weight is 359 g/mol. The highest BCUT2D eigenvalue weighted by Gasteiger charge is 2.15. The van der Waals surface area contributed by atoms with Crippen molar-refractivity contribution in [2.24, 2.45) is 5.73 Å². The van der Waals surface area contributed by atoms with Gasteiger partial charge in [-0.2, -0.15) is 5.10 Å². The summed E-state index contributed by atoms with van der Waals surface area (Å²) in [4.78, 5) is 20.0. The number of aryl methyl sites for hydroxylation is 1. The van der Waals surface area contributed by atoms with Crippen LogP contribution in [0.5, 0.6) is 5.75 Å². The Morgan fingerprint density at radius 2 is 1.96 bits per heavy atom. The molecule has 2 N–H and O–H groups in total. The number of amides is 1. The summed E-state index contributed by atoms with van der Waals surface area (Å²) in [5.74, 6) is 1.31. The third-order valence-corrected chi connectivity index (χ3v) is 4.03. The van der Waals surface area contributed by atoms with Crippen molar-refractivity contribution >= 4 is 16.8 Å². The standard InChI is InChI=1S/C20H17N5O2/c1-13-23-20(15-6-2-8-16(11-15)27-12-18(21)26)25(24-13)17-9-3-5-14-7-4-10-22-19(14)17/h2-11H,12H2,1H3,(H2,21,26). The van der Waals surface area contributed by atoms with Gasteiger partial charge in [-0.15, -0.1) is 0 Å². The summed E-state index contributed by atoms with van der Waals surface area (Å²) in [7, 11) is 0. The van der Waals surface area contributed by atoms with Crippen LogP contribution in [0, 0.1) is 6.92 Å². The minimum Gasteiger partial charge on any atom is -0.484 e. The summed E-state index contributed by atoms with van der Waals surface area (Å²) in [5, 5.41) is 5.58. The maximum atomic E-state index is 11.0. The van der Waals surface area contributed by atoms with Gasteiger partial charge in [0.15, 0.2) is 12.4 Å². The van der Waals surface area contributed by atoms with Crippen molar-refractivity contribution < 1.29 is 9.53 Å². The summed E-state index contributed by atoms with van der Waals surface area (Å²) in [6.07, 6.45) is 1.76. The van der Waals surface area contributed by atoms with E-state index in [1.807, 2.05) is 49.4 Å². The van der Waals surface area contributed by atoms with Gasteiger partial charge in [-0.1, -0.05) is 30.3 Å². The van der Waals surface area contributed by atoms with Gasteiger partial charge in [0.2, 0.25) is 0 Å². The van der Waals surface area contributed by atoms with Crippen LogP contribution in [-0.4, -0.2) is 32.3 Å². The Balaban J connectivity index is 1.82. The molecule has 0 bridgehead atoms. The number of carbonyl (C=O) groups excluding carboxylic acids is 1. The Kier molecular flexibility index (Phi) is 4.25. The third kappa shape index (κ3) is 3.35. The number of fused-ring (bicyclic) bond motifs is 1. The van der Waals surface area contributed by atoms with E-state index in [1.54, 1.807) is 23.0 Å². The van der Waals surface area contributed by atoms with Gasteiger partial charge in [-0.3, -0.25) is 9.78 Å². The van der Waals surface area contributed by atoms with Gasteiger partial charge in [0.25, 0.3) is 5.91 Å². The Morgan fingerprint density at radius 3 is 2.81 bits per heavy atom. The number of pyridine rings is 1. The number of rotatable bonds is 5. The first kappa shape index (κ1) is 16.7. The number of ether oxygens (including phenoxy) is 1. The van der Waals surface area contributed by atoms with Crippen molar-refractivity contribution in [3.63, 3.8) is 0 Å². The van der Waals surface area contributed by atoms with Crippen molar-refractivity contribution in [1.29, 1.82) is 0 Å². The van der Waals surface area contributed by atoms with Gasteiger partial charge in [0.1, 0.15) is 11.6 Å². The van der Waals surface area contributed by atoms with E-state index in [4.69, 9.17) is 10.5 Å². The van der Waals surface area contributed by atoms with Gasteiger partial charge in [-0.25, -0.2) is 9.67 Å². The molecule has 7 nitrogen and oxygen atoms in total. The molecule has 0 saturated carbocycles. The second-order valence-corrected chi connectivity index (χ2v) is 6.03. The monoisotopic (exact) mass is 359 g/mol. The zero-order valence-electron chi connectivity index (χ0n) is 14.7. The molecule has 7 heteroatoms. The Hall–Kier alpha value is -3.74. The van der Waals surface area contributed by atoms with Crippen LogP contribution in [0.2, 0.25) is 0 Å². The van der Waals surface area contributed by atoms with E-state index in [0.29, 0.717) is 17.4 Å². The average Bonchev–Trinajstić information content (AvgIpc) is 3.08. The molecule has 0 atom stereocenters. The lowest BCUT2D eigenvalue weighted by Gasteiger charge is -2.10. The van der Waals surface area contributed by atoms with Gasteiger partial charge in [0.05, 0.1) is 11.2 Å².